The second kappa shape index (κ2) is 26.8. The molecule has 4 aromatic heterocycles. The summed E-state index contributed by atoms with van der Waals surface area (Å²) in [4.78, 5) is 68.9. The van der Waals surface area contributed by atoms with Crippen LogP contribution in [-0.4, -0.2) is 90.5 Å². The topological polar surface area (TPSA) is 258 Å². The highest BCUT2D eigenvalue weighted by Crippen LogP contribution is 2.34. The Morgan fingerprint density at radius 2 is 1.32 bits per heavy atom. The molecule has 0 aliphatic rings. The van der Waals surface area contributed by atoms with Gasteiger partial charge in [0, 0.05) is 36.9 Å². The van der Waals surface area contributed by atoms with Crippen LogP contribution in [0.5, 0.6) is 0 Å². The number of esters is 2. The molecule has 4 rings (SSSR count). The van der Waals surface area contributed by atoms with E-state index >= 15 is 0 Å². The summed E-state index contributed by atoms with van der Waals surface area (Å²) in [5.41, 5.74) is 8.51. The van der Waals surface area contributed by atoms with Crippen LogP contribution in [0.4, 0.5) is 27.7 Å². The predicted molar refractivity (Wildman–Crippen MR) is 219 cm³/mol. The Hall–Kier alpha value is -5.03. The Labute approximate surface area is 346 Å². The third-order valence-corrected chi connectivity index (χ3v) is 8.15. The summed E-state index contributed by atoms with van der Waals surface area (Å²) in [6.07, 6.45) is 6.88. The number of ether oxygens (including phenoxy) is 2. The number of nitrogens with one attached hydrogen (secondary N) is 1. The number of thioether (sulfide) groups is 2. The Morgan fingerprint density at radius 1 is 0.825 bits per heavy atom. The van der Waals surface area contributed by atoms with Crippen molar-refractivity contribution in [1.82, 2.24) is 35.2 Å². The Kier molecular flexibility index (Phi) is 24.4. The molecule has 0 amide bonds. The molecule has 3 N–H and O–H groups in total. The molecule has 24 heteroatoms. The second-order valence-corrected chi connectivity index (χ2v) is 12.9. The van der Waals surface area contributed by atoms with Crippen LogP contribution in [0.25, 0.3) is 0 Å². The molecule has 0 aliphatic heterocycles. The molecule has 0 atom stereocenters. The van der Waals surface area contributed by atoms with E-state index in [4.69, 9.17) is 38.4 Å². The Balaban J connectivity index is 0.000000888. The zero-order valence-electron chi connectivity index (χ0n) is 31.1. The van der Waals surface area contributed by atoms with Crippen LogP contribution in [0.2, 0.25) is 10.3 Å². The number of carbonyl (C=O) groups is 2. The zero-order chi connectivity index (χ0) is 41.1. The number of aromatic nitrogens is 6. The monoisotopic (exact) mass is 875 g/mol. The maximum Gasteiger partial charge on any atom is 0.353 e. The number of nitrogens with two attached hydrogens (primary N) is 1. The largest absolute Gasteiger partial charge is 0.465 e. The highest BCUT2D eigenvalue weighted by atomic mass is 35.5. The molecule has 0 saturated carbocycles. The van der Waals surface area contributed by atoms with Crippen LogP contribution >= 0.6 is 46.7 Å². The number of pyridine rings is 2. The van der Waals surface area contributed by atoms with E-state index < -0.39 is 27.2 Å². The summed E-state index contributed by atoms with van der Waals surface area (Å²) in [7, 11) is 0. The molecule has 0 unspecified atom stereocenters. The molecule has 0 radical (unpaired) electrons. The van der Waals surface area contributed by atoms with Crippen LogP contribution in [-0.2, 0) is 32.2 Å². The lowest BCUT2D eigenvalue weighted by atomic mass is 10.2. The van der Waals surface area contributed by atoms with Gasteiger partial charge in [-0.1, -0.05) is 66.3 Å². The van der Waals surface area contributed by atoms with Crippen molar-refractivity contribution in [3.63, 3.8) is 0 Å². The van der Waals surface area contributed by atoms with E-state index in [9.17, 15) is 29.8 Å². The highest BCUT2D eigenvalue weighted by Gasteiger charge is 2.29. The SMILES string of the molecule is C.CCOC(=O)CN(Cc1ccc(C)nc1)c1nc(SC)nc(N)c1[N+](=O)[O-].CCOC(=O)CNCc1ccc(C)nc1.CSc1nc(Cl)c([N+](=O)[O-])c(Cl)n1.F. The summed E-state index contributed by atoms with van der Waals surface area (Å²) in [5, 5.41) is 25.0. The van der Waals surface area contributed by atoms with Crippen molar-refractivity contribution in [3.05, 3.63) is 89.7 Å². The number of carbonyl (C=O) groups excluding carboxylic acids is 2. The minimum Gasteiger partial charge on any atom is -0.465 e. The summed E-state index contributed by atoms with van der Waals surface area (Å²) in [5.74, 6) is -1.05. The van der Waals surface area contributed by atoms with Crippen LogP contribution in [0.1, 0.15) is 43.8 Å². The first kappa shape index (κ1) is 52.0. The Morgan fingerprint density at radius 3 is 1.77 bits per heavy atom. The van der Waals surface area contributed by atoms with Gasteiger partial charge < -0.3 is 25.4 Å². The lowest BCUT2D eigenvalue weighted by Gasteiger charge is -2.23. The molecule has 19 nitrogen and oxygen atoms in total. The van der Waals surface area contributed by atoms with Crippen molar-refractivity contribution in [1.29, 1.82) is 0 Å². The number of halogens is 3. The molecule has 4 aromatic rings. The molecule has 0 bridgehead atoms. The maximum absolute atomic E-state index is 12.1. The van der Waals surface area contributed by atoms with Crippen molar-refractivity contribution in [3.8, 4) is 0 Å². The first-order valence-corrected chi connectivity index (χ1v) is 19.2. The standard InChI is InChI=1S/C16H20N6O4S.C11H16N2O2.C5H3Cl2N3O2S.CH4.FH/c1-4-26-12(23)9-21(8-11-6-5-10(2)18-7-11)15-13(22(24)25)14(17)19-16(20-15)27-3;1-3-15-11(14)8-12-6-10-5-4-9(2)13-7-10;1-13-5-8-3(6)2(10(11)12)4(7)9-5;;/h5-7H,4,8-9H2,1-3H3,(H2,17,19,20);4-5,7,12H,3,6,8H2,1-2H3;1H3;1H4;1H. The number of nitro groups is 2. The van der Waals surface area contributed by atoms with Crippen LogP contribution < -0.4 is 16.0 Å². The quantitative estimate of drug-likeness (QED) is 0.0336. The fraction of sp³-hybridized carbons (Fsp3) is 0.394. The van der Waals surface area contributed by atoms with Crippen LogP contribution in [0.15, 0.2) is 47.0 Å². The van der Waals surface area contributed by atoms with Gasteiger partial charge in [-0.25, -0.2) is 9.97 Å². The number of nitrogens with zero attached hydrogens (tertiary/aromatic N) is 9. The van der Waals surface area contributed by atoms with E-state index in [1.54, 1.807) is 38.8 Å². The normalized spacial score (nSPS) is 9.89. The lowest BCUT2D eigenvalue weighted by Crippen LogP contribution is -2.32. The van der Waals surface area contributed by atoms with E-state index in [0.29, 0.717) is 18.3 Å². The van der Waals surface area contributed by atoms with Gasteiger partial charge in [-0.2, -0.15) is 9.97 Å². The van der Waals surface area contributed by atoms with Crippen molar-refractivity contribution in [2.45, 2.75) is 58.5 Å². The summed E-state index contributed by atoms with van der Waals surface area (Å²) < 4.78 is 9.77. The molecular weight excluding hydrogens is 832 g/mol. The van der Waals surface area contributed by atoms with E-state index in [0.717, 1.165) is 22.5 Å². The molecule has 0 aromatic carbocycles. The molecule has 0 aliphatic carbocycles. The number of hydrogen-bond donors (Lipinski definition) is 2. The zero-order valence-corrected chi connectivity index (χ0v) is 34.2. The van der Waals surface area contributed by atoms with Gasteiger partial charge in [-0.3, -0.25) is 44.5 Å². The number of aryl methyl sites for hydroxylation is 2. The number of anilines is 2. The maximum atomic E-state index is 12.1. The van der Waals surface area contributed by atoms with Gasteiger partial charge in [0.15, 0.2) is 10.3 Å². The summed E-state index contributed by atoms with van der Waals surface area (Å²) in [6, 6.07) is 7.57. The molecule has 312 valence electrons. The number of hydrogen-bond acceptors (Lipinski definition) is 19. The third kappa shape index (κ3) is 17.8. The fourth-order valence-corrected chi connectivity index (χ4v) is 5.41. The summed E-state index contributed by atoms with van der Waals surface area (Å²) >= 11 is 13.4. The Bertz CT molecular complexity index is 1900. The first-order chi connectivity index (χ1) is 26.1. The van der Waals surface area contributed by atoms with E-state index in [1.807, 2.05) is 38.1 Å². The van der Waals surface area contributed by atoms with Gasteiger partial charge in [0.1, 0.15) is 6.54 Å². The lowest BCUT2D eigenvalue weighted by molar-refractivity contribution is -0.385. The average Bonchev–Trinajstić information content (AvgIpc) is 3.12. The molecule has 57 heavy (non-hydrogen) atoms. The molecule has 0 fully saturated rings. The van der Waals surface area contributed by atoms with Crippen molar-refractivity contribution in [2.24, 2.45) is 0 Å². The van der Waals surface area contributed by atoms with Crippen LogP contribution in [0.3, 0.4) is 0 Å². The van der Waals surface area contributed by atoms with Crippen molar-refractivity contribution >= 4 is 81.7 Å². The molecule has 0 saturated heterocycles. The summed E-state index contributed by atoms with van der Waals surface area (Å²) in [6.45, 7) is 8.69. The number of rotatable bonds is 15. The molecule has 4 heterocycles. The van der Waals surface area contributed by atoms with Gasteiger partial charge in [0.25, 0.3) is 0 Å². The highest BCUT2D eigenvalue weighted by molar-refractivity contribution is 7.98. The minimum absolute atomic E-state index is 0. The smallest absolute Gasteiger partial charge is 0.353 e. The van der Waals surface area contributed by atoms with Gasteiger partial charge in [0.05, 0.1) is 29.6 Å². The van der Waals surface area contributed by atoms with Gasteiger partial charge in [-0.15, -0.1) is 0 Å². The number of nitrogen functional groups attached to an aromatic ring is 1. The molecule has 0 spiro atoms. The first-order valence-electron chi connectivity index (χ1n) is 16.0. The van der Waals surface area contributed by atoms with E-state index in [1.165, 1.54) is 28.4 Å². The fourth-order valence-electron chi connectivity index (χ4n) is 4.06. The van der Waals surface area contributed by atoms with Crippen LogP contribution in [0, 0.1) is 34.1 Å². The average molecular weight is 877 g/mol. The third-order valence-electron chi connectivity index (χ3n) is 6.53. The second-order valence-electron chi connectivity index (χ2n) is 10.6. The van der Waals surface area contributed by atoms with E-state index in [-0.39, 0.29) is 71.4 Å². The van der Waals surface area contributed by atoms with Crippen molar-refractivity contribution < 1.29 is 33.6 Å². The van der Waals surface area contributed by atoms with Gasteiger partial charge in [0.2, 0.25) is 21.9 Å². The van der Waals surface area contributed by atoms with Gasteiger partial charge >= 0.3 is 23.3 Å². The van der Waals surface area contributed by atoms with E-state index in [2.05, 4.69) is 35.2 Å². The van der Waals surface area contributed by atoms with Gasteiger partial charge in [-0.05, 0) is 63.5 Å². The van der Waals surface area contributed by atoms with Crippen molar-refractivity contribution in [2.75, 3.05) is 49.4 Å². The minimum atomic E-state index is -0.714. The predicted octanol–water partition coefficient (Wildman–Crippen LogP) is 6.21. The molecular formula is C33H44Cl2FN11O8S2.